The Labute approximate surface area is 123 Å². The third kappa shape index (κ3) is 2.13. The monoisotopic (exact) mass is 300 g/mol. The second-order valence-corrected chi connectivity index (χ2v) is 5.37. The van der Waals surface area contributed by atoms with Crippen molar-refractivity contribution in [3.63, 3.8) is 0 Å². The van der Waals surface area contributed by atoms with Gasteiger partial charge in [0.05, 0.1) is 11.9 Å². The summed E-state index contributed by atoms with van der Waals surface area (Å²) >= 11 is 1.51. The Kier molecular flexibility index (Phi) is 2.81. The van der Waals surface area contributed by atoms with Gasteiger partial charge in [0.15, 0.2) is 16.6 Å². The third-order valence-electron chi connectivity index (χ3n) is 3.16. The van der Waals surface area contributed by atoms with Crippen LogP contribution in [-0.2, 0) is 0 Å². The molecule has 0 unspecified atom stereocenters. The highest BCUT2D eigenvalue weighted by Crippen LogP contribution is 2.24. The first kappa shape index (κ1) is 12.3. The number of nitrogens with zero attached hydrogens (tertiary/aromatic N) is 5. The lowest BCUT2D eigenvalue weighted by Crippen LogP contribution is -2.34. The van der Waals surface area contributed by atoms with Gasteiger partial charge in [-0.2, -0.15) is 0 Å². The molecule has 0 amide bonds. The van der Waals surface area contributed by atoms with Gasteiger partial charge in [-0.05, 0) is 0 Å². The predicted molar refractivity (Wildman–Crippen MR) is 80.4 cm³/mol. The van der Waals surface area contributed by atoms with E-state index < -0.39 is 0 Å². The van der Waals surface area contributed by atoms with E-state index in [-0.39, 0.29) is 0 Å². The second kappa shape index (κ2) is 4.81. The molecule has 0 spiro atoms. The van der Waals surface area contributed by atoms with E-state index in [1.54, 1.807) is 12.4 Å². The van der Waals surface area contributed by atoms with Gasteiger partial charge in [-0.15, -0.1) is 11.3 Å². The fourth-order valence-corrected chi connectivity index (χ4v) is 2.75. The first-order chi connectivity index (χ1) is 10.3. The molecule has 3 aromatic heterocycles. The molecule has 0 aliphatic carbocycles. The van der Waals surface area contributed by atoms with Gasteiger partial charge in [0, 0.05) is 42.3 Å². The molecule has 0 bridgehead atoms. The van der Waals surface area contributed by atoms with Crippen LogP contribution in [0.25, 0.3) is 11.2 Å². The third-order valence-corrected chi connectivity index (χ3v) is 3.85. The molecule has 1 aliphatic rings. The van der Waals surface area contributed by atoms with Crippen molar-refractivity contribution in [3.8, 4) is 0 Å². The summed E-state index contributed by atoms with van der Waals surface area (Å²) < 4.78 is 1.98. The first-order valence-electron chi connectivity index (χ1n) is 6.28. The van der Waals surface area contributed by atoms with Crippen LogP contribution in [0.5, 0.6) is 0 Å². The number of fused-ring (bicyclic) bond motifs is 1. The summed E-state index contributed by atoms with van der Waals surface area (Å²) in [5, 5.41) is 7.33. The molecule has 0 saturated heterocycles. The van der Waals surface area contributed by atoms with Crippen LogP contribution in [0.2, 0.25) is 0 Å². The van der Waals surface area contributed by atoms with Crippen molar-refractivity contribution in [2.45, 2.75) is 0 Å². The maximum atomic E-state index is 5.68. The summed E-state index contributed by atoms with van der Waals surface area (Å²) in [5.74, 6) is 6.36. The minimum atomic E-state index is 0.669. The molecule has 0 atom stereocenters. The molecular formula is C12H12N8S. The lowest BCUT2D eigenvalue weighted by molar-refractivity contribution is 0.319. The number of hydrogen-bond donors (Lipinski definition) is 3. The van der Waals surface area contributed by atoms with Crippen LogP contribution in [0.4, 0.5) is 10.9 Å². The van der Waals surface area contributed by atoms with E-state index in [1.165, 1.54) is 16.5 Å². The molecule has 106 valence electrons. The van der Waals surface area contributed by atoms with E-state index >= 15 is 0 Å². The molecule has 4 N–H and O–H groups in total. The van der Waals surface area contributed by atoms with Crippen molar-refractivity contribution in [3.05, 3.63) is 42.1 Å². The van der Waals surface area contributed by atoms with Crippen molar-refractivity contribution < 1.29 is 0 Å². The van der Waals surface area contributed by atoms with Crippen LogP contribution in [0.3, 0.4) is 0 Å². The Morgan fingerprint density at radius 3 is 3.00 bits per heavy atom. The molecule has 1 aliphatic heterocycles. The quantitative estimate of drug-likeness (QED) is 0.620. The topological polar surface area (TPSA) is 96.4 Å². The number of nitrogens with one attached hydrogen (secondary N) is 2. The Morgan fingerprint density at radius 2 is 2.24 bits per heavy atom. The zero-order chi connectivity index (χ0) is 14.2. The number of hydrazine groups is 2. The highest BCUT2D eigenvalue weighted by Gasteiger charge is 2.16. The molecule has 0 fully saturated rings. The van der Waals surface area contributed by atoms with E-state index in [0.29, 0.717) is 12.4 Å². The Hall–Kier alpha value is -2.49. The maximum absolute atomic E-state index is 5.68. The zero-order valence-corrected chi connectivity index (χ0v) is 11.7. The van der Waals surface area contributed by atoms with Crippen LogP contribution in [0.1, 0.15) is 5.69 Å². The fraction of sp³-hybridized carbons (Fsp3) is 0.0833. The van der Waals surface area contributed by atoms with Crippen LogP contribution in [-0.4, -0.2) is 31.0 Å². The molecule has 8 nitrogen and oxygen atoms in total. The van der Waals surface area contributed by atoms with Gasteiger partial charge in [0.25, 0.3) is 0 Å². The maximum Gasteiger partial charge on any atom is 0.188 e. The van der Waals surface area contributed by atoms with E-state index in [4.69, 9.17) is 5.84 Å². The van der Waals surface area contributed by atoms with Gasteiger partial charge in [-0.25, -0.2) is 26.2 Å². The van der Waals surface area contributed by atoms with Gasteiger partial charge < -0.3 is 5.32 Å². The van der Waals surface area contributed by atoms with E-state index in [9.17, 15) is 0 Å². The van der Waals surface area contributed by atoms with Gasteiger partial charge in [0.2, 0.25) is 0 Å². The van der Waals surface area contributed by atoms with Gasteiger partial charge >= 0.3 is 0 Å². The average molecular weight is 300 g/mol. The minimum absolute atomic E-state index is 0.669. The van der Waals surface area contributed by atoms with Gasteiger partial charge in [-0.1, -0.05) is 0 Å². The summed E-state index contributed by atoms with van der Waals surface area (Å²) in [6.45, 7) is 0.669. The summed E-state index contributed by atoms with van der Waals surface area (Å²) in [4.78, 5) is 13.0. The Morgan fingerprint density at radius 1 is 1.29 bits per heavy atom. The molecule has 4 rings (SSSR count). The molecule has 0 radical (unpaired) electrons. The Balaban J connectivity index is 1.77. The van der Waals surface area contributed by atoms with E-state index in [1.807, 2.05) is 28.4 Å². The van der Waals surface area contributed by atoms with Crippen LogP contribution >= 0.6 is 11.3 Å². The van der Waals surface area contributed by atoms with Crippen molar-refractivity contribution in [2.75, 3.05) is 11.9 Å². The summed E-state index contributed by atoms with van der Waals surface area (Å²) in [5.41, 5.74) is 5.81. The van der Waals surface area contributed by atoms with Crippen molar-refractivity contribution in [1.82, 2.24) is 29.9 Å². The number of hydrogen-bond acceptors (Lipinski definition) is 8. The van der Waals surface area contributed by atoms with Crippen molar-refractivity contribution >= 4 is 33.5 Å². The molecule has 4 heterocycles. The van der Waals surface area contributed by atoms with Gasteiger partial charge in [0.1, 0.15) is 0 Å². The van der Waals surface area contributed by atoms with Crippen LogP contribution in [0, 0.1) is 0 Å². The molecule has 21 heavy (non-hydrogen) atoms. The summed E-state index contributed by atoms with van der Waals surface area (Å²) in [6, 6.07) is 0. The fourth-order valence-electron chi connectivity index (χ4n) is 2.22. The van der Waals surface area contributed by atoms with Gasteiger partial charge in [-0.3, -0.25) is 9.52 Å². The normalized spacial score (nSPS) is 14.7. The zero-order valence-electron chi connectivity index (χ0n) is 10.9. The number of nitrogens with two attached hydrogens (primary N) is 1. The van der Waals surface area contributed by atoms with Crippen LogP contribution in [0.15, 0.2) is 36.4 Å². The largest absolute Gasteiger partial charge is 0.313 e. The van der Waals surface area contributed by atoms with Crippen molar-refractivity contribution in [2.24, 2.45) is 5.84 Å². The SMILES string of the molecule is NN1C=C(c2cnc3c(Nc4nccs4)nccn23)CN1. The number of aromatic nitrogens is 4. The first-order valence-corrected chi connectivity index (χ1v) is 7.16. The Bertz CT molecular complexity index is 806. The molecular weight excluding hydrogens is 288 g/mol. The average Bonchev–Trinajstić information content (AvgIpc) is 3.18. The number of rotatable bonds is 3. The lowest BCUT2D eigenvalue weighted by atomic mass is 10.2. The highest BCUT2D eigenvalue weighted by atomic mass is 32.1. The summed E-state index contributed by atoms with van der Waals surface area (Å²) in [6.07, 6.45) is 9.02. The van der Waals surface area contributed by atoms with E-state index in [2.05, 4.69) is 25.7 Å². The molecule has 0 saturated carbocycles. The predicted octanol–water partition coefficient (Wildman–Crippen LogP) is 0.964. The molecule has 3 aromatic rings. The standard InChI is InChI=1S/C12H12N8S/c13-20-7-8(5-17-20)9-6-16-11-10(14-1-3-19(9)11)18-12-15-2-4-21-12/h1-4,6-7,17H,5,13H2,(H,14,15,18). The smallest absolute Gasteiger partial charge is 0.188 e. The number of thiazole rings is 1. The number of anilines is 2. The molecule has 0 aromatic carbocycles. The minimum Gasteiger partial charge on any atom is -0.313 e. The lowest BCUT2D eigenvalue weighted by Gasteiger charge is -2.05. The highest BCUT2D eigenvalue weighted by molar-refractivity contribution is 7.13. The number of imidazole rings is 1. The van der Waals surface area contributed by atoms with E-state index in [0.717, 1.165) is 22.0 Å². The summed E-state index contributed by atoms with van der Waals surface area (Å²) in [7, 11) is 0. The van der Waals surface area contributed by atoms with Crippen molar-refractivity contribution in [1.29, 1.82) is 0 Å². The molecule has 9 heteroatoms. The second-order valence-electron chi connectivity index (χ2n) is 4.47. The van der Waals surface area contributed by atoms with Crippen LogP contribution < -0.4 is 16.6 Å².